The van der Waals surface area contributed by atoms with Crippen LogP contribution in [0.1, 0.15) is 11.9 Å². The normalized spacial score (nSPS) is 17.1. The van der Waals surface area contributed by atoms with Gasteiger partial charge in [-0.3, -0.25) is 0 Å². The Labute approximate surface area is 119 Å². The van der Waals surface area contributed by atoms with Gasteiger partial charge in [-0.2, -0.15) is 0 Å². The van der Waals surface area contributed by atoms with Crippen molar-refractivity contribution in [1.82, 2.24) is 9.97 Å². The smallest absolute Gasteiger partial charge is 0.268 e. The highest BCUT2D eigenvalue weighted by atomic mass is 35.5. The molecule has 0 aliphatic carbocycles. The number of ether oxygens (including phenoxy) is 2. The molecule has 0 saturated carbocycles. The number of hydrogen-bond acceptors (Lipinski definition) is 5. The van der Waals surface area contributed by atoms with E-state index in [4.69, 9.17) is 21.1 Å². The van der Waals surface area contributed by atoms with Crippen LogP contribution in [0.5, 0.6) is 0 Å². The average molecular weight is 294 g/mol. The van der Waals surface area contributed by atoms with Crippen molar-refractivity contribution in [3.8, 4) is 0 Å². The number of nitrogens with zero attached hydrogens (tertiary/aromatic N) is 2. The number of nitrogens with one attached hydrogen (secondary N) is 1. The van der Waals surface area contributed by atoms with Crippen molar-refractivity contribution in [1.29, 1.82) is 0 Å². The molecule has 1 unspecified atom stereocenters. The predicted molar refractivity (Wildman–Crippen MR) is 70.1 cm³/mol. The van der Waals surface area contributed by atoms with Crippen LogP contribution < -0.4 is 5.32 Å². The SMILES string of the molecule is Fc1cccc(C2OC=C(Nc3ccnc(Cl)n3)O2)c1. The van der Waals surface area contributed by atoms with Gasteiger partial charge in [-0.05, 0) is 29.8 Å². The lowest BCUT2D eigenvalue weighted by molar-refractivity contribution is -0.0325. The van der Waals surface area contributed by atoms with E-state index in [1.165, 1.54) is 24.6 Å². The van der Waals surface area contributed by atoms with E-state index in [2.05, 4.69) is 15.3 Å². The van der Waals surface area contributed by atoms with Gasteiger partial charge in [0.25, 0.3) is 6.29 Å². The van der Waals surface area contributed by atoms with Crippen LogP contribution in [0.15, 0.2) is 48.7 Å². The second-order valence-corrected chi connectivity index (χ2v) is 4.30. The number of rotatable bonds is 3. The van der Waals surface area contributed by atoms with E-state index in [0.717, 1.165) is 0 Å². The minimum atomic E-state index is -0.689. The van der Waals surface area contributed by atoms with E-state index in [1.54, 1.807) is 18.2 Å². The van der Waals surface area contributed by atoms with Crippen molar-refractivity contribution < 1.29 is 13.9 Å². The molecule has 0 bridgehead atoms. The van der Waals surface area contributed by atoms with Crippen LogP contribution in [0.2, 0.25) is 5.28 Å². The van der Waals surface area contributed by atoms with Gasteiger partial charge in [0.05, 0.1) is 0 Å². The van der Waals surface area contributed by atoms with Crippen LogP contribution in [0, 0.1) is 5.82 Å². The Morgan fingerprint density at radius 2 is 2.20 bits per heavy atom. The zero-order chi connectivity index (χ0) is 13.9. The Morgan fingerprint density at radius 3 is 3.00 bits per heavy atom. The van der Waals surface area contributed by atoms with Crippen molar-refractivity contribution in [2.45, 2.75) is 6.29 Å². The summed E-state index contributed by atoms with van der Waals surface area (Å²) in [6.07, 6.45) is 2.22. The summed E-state index contributed by atoms with van der Waals surface area (Å²) >= 11 is 5.68. The first-order valence-electron chi connectivity index (χ1n) is 5.74. The van der Waals surface area contributed by atoms with Gasteiger partial charge in [-0.15, -0.1) is 0 Å². The molecule has 1 aliphatic heterocycles. The van der Waals surface area contributed by atoms with Crippen LogP contribution in [0.4, 0.5) is 10.2 Å². The molecule has 20 heavy (non-hydrogen) atoms. The van der Waals surface area contributed by atoms with Crippen molar-refractivity contribution in [2.75, 3.05) is 5.32 Å². The molecule has 102 valence electrons. The molecule has 2 aromatic rings. The fraction of sp³-hybridized carbons (Fsp3) is 0.0769. The van der Waals surface area contributed by atoms with Crippen LogP contribution in [0.25, 0.3) is 0 Å². The predicted octanol–water partition coefficient (Wildman–Crippen LogP) is 3.23. The van der Waals surface area contributed by atoms with E-state index in [1.807, 2.05) is 0 Å². The molecule has 1 aromatic heterocycles. The highest BCUT2D eigenvalue weighted by Gasteiger charge is 2.22. The van der Waals surface area contributed by atoms with Crippen LogP contribution in [-0.4, -0.2) is 9.97 Å². The highest BCUT2D eigenvalue weighted by Crippen LogP contribution is 2.29. The molecule has 2 heterocycles. The van der Waals surface area contributed by atoms with Crippen LogP contribution in [-0.2, 0) is 9.47 Å². The number of hydrogen-bond donors (Lipinski definition) is 1. The lowest BCUT2D eigenvalue weighted by Gasteiger charge is -2.12. The molecule has 1 aliphatic rings. The van der Waals surface area contributed by atoms with Crippen molar-refractivity contribution in [3.05, 3.63) is 65.3 Å². The molecular weight excluding hydrogens is 285 g/mol. The topological polar surface area (TPSA) is 56.3 Å². The molecule has 1 atom stereocenters. The summed E-state index contributed by atoms with van der Waals surface area (Å²) in [6.45, 7) is 0. The zero-order valence-electron chi connectivity index (χ0n) is 10.1. The third-order valence-corrected chi connectivity index (χ3v) is 2.71. The maximum absolute atomic E-state index is 13.1. The summed E-state index contributed by atoms with van der Waals surface area (Å²) in [5.74, 6) is 0.479. The van der Waals surface area contributed by atoms with Gasteiger partial charge in [-0.25, -0.2) is 14.4 Å². The number of benzene rings is 1. The number of halogens is 2. The Bertz CT molecular complexity index is 666. The van der Waals surface area contributed by atoms with Gasteiger partial charge in [0.15, 0.2) is 0 Å². The molecule has 5 nitrogen and oxygen atoms in total. The summed E-state index contributed by atoms with van der Waals surface area (Å²) in [5, 5.41) is 3.00. The van der Waals surface area contributed by atoms with E-state index in [0.29, 0.717) is 17.3 Å². The summed E-state index contributed by atoms with van der Waals surface area (Å²) in [6, 6.07) is 7.64. The lowest BCUT2D eigenvalue weighted by Crippen LogP contribution is -2.05. The molecular formula is C13H9ClFN3O2. The first-order chi connectivity index (χ1) is 9.70. The average Bonchev–Trinajstić information content (AvgIpc) is 2.87. The summed E-state index contributed by atoms with van der Waals surface area (Å²) < 4.78 is 24.0. The maximum atomic E-state index is 13.1. The minimum absolute atomic E-state index is 0.121. The van der Waals surface area contributed by atoms with Crippen molar-refractivity contribution in [2.24, 2.45) is 0 Å². The Morgan fingerprint density at radius 1 is 1.30 bits per heavy atom. The molecule has 0 saturated heterocycles. The number of anilines is 1. The molecule has 1 N–H and O–H groups in total. The molecule has 1 aromatic carbocycles. The molecule has 3 rings (SSSR count). The summed E-state index contributed by atoms with van der Waals surface area (Å²) in [5.41, 5.74) is 0.582. The fourth-order valence-corrected chi connectivity index (χ4v) is 1.83. The minimum Gasteiger partial charge on any atom is -0.453 e. The fourth-order valence-electron chi connectivity index (χ4n) is 1.68. The quantitative estimate of drug-likeness (QED) is 0.881. The molecule has 0 fully saturated rings. The van der Waals surface area contributed by atoms with Gasteiger partial charge >= 0.3 is 0 Å². The van der Waals surface area contributed by atoms with E-state index in [9.17, 15) is 4.39 Å². The Kier molecular flexibility index (Phi) is 3.39. The Balaban J connectivity index is 1.67. The summed E-state index contributed by atoms with van der Waals surface area (Å²) in [4.78, 5) is 7.72. The molecule has 0 amide bonds. The highest BCUT2D eigenvalue weighted by molar-refractivity contribution is 6.28. The summed E-state index contributed by atoms with van der Waals surface area (Å²) in [7, 11) is 0. The van der Waals surface area contributed by atoms with Crippen LogP contribution >= 0.6 is 11.6 Å². The zero-order valence-corrected chi connectivity index (χ0v) is 10.8. The van der Waals surface area contributed by atoms with Gasteiger partial charge in [-0.1, -0.05) is 12.1 Å². The monoisotopic (exact) mass is 293 g/mol. The third-order valence-electron chi connectivity index (χ3n) is 2.53. The van der Waals surface area contributed by atoms with Crippen molar-refractivity contribution in [3.63, 3.8) is 0 Å². The standard InChI is InChI=1S/C13H9ClFN3O2/c14-13-16-5-4-10(18-13)17-11-7-19-12(20-11)8-2-1-3-9(15)6-8/h1-7,12H,(H,16,17,18). The molecule has 0 radical (unpaired) electrons. The second kappa shape index (κ2) is 5.34. The Hall–Kier alpha value is -2.34. The van der Waals surface area contributed by atoms with E-state index in [-0.39, 0.29) is 11.1 Å². The molecule has 0 spiro atoms. The first-order valence-corrected chi connectivity index (χ1v) is 6.12. The third kappa shape index (κ3) is 2.80. The van der Waals surface area contributed by atoms with Gasteiger partial charge in [0.2, 0.25) is 11.2 Å². The molecule has 7 heteroatoms. The van der Waals surface area contributed by atoms with Crippen LogP contribution in [0.3, 0.4) is 0 Å². The lowest BCUT2D eigenvalue weighted by atomic mass is 10.2. The van der Waals surface area contributed by atoms with E-state index < -0.39 is 6.29 Å². The maximum Gasteiger partial charge on any atom is 0.268 e. The number of aromatic nitrogens is 2. The first kappa shape index (κ1) is 12.7. The second-order valence-electron chi connectivity index (χ2n) is 3.96. The van der Waals surface area contributed by atoms with E-state index >= 15 is 0 Å². The van der Waals surface area contributed by atoms with Crippen molar-refractivity contribution >= 4 is 17.4 Å². The van der Waals surface area contributed by atoms with Gasteiger partial charge in [0, 0.05) is 11.8 Å². The van der Waals surface area contributed by atoms with Gasteiger partial charge in [0.1, 0.15) is 17.9 Å². The van der Waals surface area contributed by atoms with Gasteiger partial charge < -0.3 is 14.8 Å². The largest absolute Gasteiger partial charge is 0.453 e.